The molecule has 8 heteroatoms. The zero-order valence-corrected chi connectivity index (χ0v) is 15.0. The predicted octanol–water partition coefficient (Wildman–Crippen LogP) is 1.08. The molecule has 1 N–H and O–H groups in total. The van der Waals surface area contributed by atoms with Crippen LogP contribution >= 0.6 is 0 Å². The molecule has 1 aliphatic rings. The van der Waals surface area contributed by atoms with Gasteiger partial charge in [0.2, 0.25) is 0 Å². The van der Waals surface area contributed by atoms with E-state index in [-0.39, 0.29) is 17.6 Å². The monoisotopic (exact) mass is 345 g/mol. The lowest BCUT2D eigenvalue weighted by Crippen LogP contribution is -2.47. The van der Waals surface area contributed by atoms with Gasteiger partial charge in [-0.25, -0.2) is 9.48 Å². The molecule has 25 heavy (non-hydrogen) atoms. The maximum atomic E-state index is 12.5. The third-order valence-corrected chi connectivity index (χ3v) is 4.59. The van der Waals surface area contributed by atoms with Crippen LogP contribution in [-0.4, -0.2) is 38.5 Å². The van der Waals surface area contributed by atoms with E-state index in [1.54, 1.807) is 18.0 Å². The van der Waals surface area contributed by atoms with Gasteiger partial charge in [-0.2, -0.15) is 5.10 Å². The summed E-state index contributed by atoms with van der Waals surface area (Å²) in [5.41, 5.74) is 3.43. The van der Waals surface area contributed by atoms with E-state index in [1.807, 2.05) is 20.8 Å². The molecule has 2 aromatic rings. The summed E-state index contributed by atoms with van der Waals surface area (Å²) in [4.78, 5) is 26.0. The molecule has 0 saturated heterocycles. The normalized spacial score (nSPS) is 15.0. The lowest BCUT2D eigenvalue weighted by atomic mass is 10.1. The Balaban J connectivity index is 1.64. The van der Waals surface area contributed by atoms with Crippen LogP contribution in [0.2, 0.25) is 0 Å². The van der Waals surface area contributed by atoms with Crippen LogP contribution in [0.5, 0.6) is 0 Å². The Hall–Kier alpha value is -2.64. The molecular formula is C17H23N5O3. The third-order valence-electron chi connectivity index (χ3n) is 4.59. The summed E-state index contributed by atoms with van der Waals surface area (Å²) in [6.45, 7) is 6.72. The maximum absolute atomic E-state index is 12.5. The van der Waals surface area contributed by atoms with Crippen molar-refractivity contribution in [3.8, 4) is 0 Å². The minimum atomic E-state index is -0.159. The molecule has 0 fully saturated rings. The van der Waals surface area contributed by atoms with Crippen LogP contribution in [0.1, 0.15) is 35.2 Å². The fourth-order valence-electron chi connectivity index (χ4n) is 3.12. The van der Waals surface area contributed by atoms with Gasteiger partial charge in [-0.3, -0.25) is 4.79 Å². The first-order chi connectivity index (χ1) is 11.8. The largest absolute Gasteiger partial charge is 0.361 e. The number of hydrogen-bond donors (Lipinski definition) is 1. The van der Waals surface area contributed by atoms with E-state index in [2.05, 4.69) is 15.6 Å². The van der Waals surface area contributed by atoms with Crippen LogP contribution in [0, 0.1) is 13.8 Å². The van der Waals surface area contributed by atoms with Gasteiger partial charge in [0.15, 0.2) is 0 Å². The van der Waals surface area contributed by atoms with Crippen LogP contribution in [0.25, 0.3) is 0 Å². The molecule has 0 aromatic carbocycles. The summed E-state index contributed by atoms with van der Waals surface area (Å²) in [5, 5.41) is 11.2. The van der Waals surface area contributed by atoms with Gasteiger partial charge < -0.3 is 14.7 Å². The van der Waals surface area contributed by atoms with E-state index in [1.165, 1.54) is 4.68 Å². The van der Waals surface area contributed by atoms with Gasteiger partial charge in [0, 0.05) is 49.8 Å². The molecule has 1 atom stereocenters. The molecule has 0 aliphatic carbocycles. The highest BCUT2D eigenvalue weighted by molar-refractivity contribution is 5.74. The lowest BCUT2D eigenvalue weighted by molar-refractivity contribution is 0.188. The average molecular weight is 345 g/mol. The summed E-state index contributed by atoms with van der Waals surface area (Å²) in [5.74, 6) is 0.785. The average Bonchev–Trinajstić information content (AvgIpc) is 2.87. The van der Waals surface area contributed by atoms with Gasteiger partial charge in [0.1, 0.15) is 5.76 Å². The van der Waals surface area contributed by atoms with Crippen molar-refractivity contribution in [1.29, 1.82) is 0 Å². The van der Waals surface area contributed by atoms with Crippen molar-refractivity contribution in [3.63, 3.8) is 0 Å². The highest BCUT2D eigenvalue weighted by Gasteiger charge is 2.24. The number of nitrogens with one attached hydrogen (secondary N) is 1. The van der Waals surface area contributed by atoms with E-state index >= 15 is 0 Å². The number of urea groups is 1. The Morgan fingerprint density at radius 2 is 2.20 bits per heavy atom. The van der Waals surface area contributed by atoms with Crippen molar-refractivity contribution in [2.24, 2.45) is 7.05 Å². The SMILES string of the molecule is Cc1noc(C)c1CC(C)NC(=O)N1CCc2nn(C)c(=O)cc2C1. The van der Waals surface area contributed by atoms with Crippen molar-refractivity contribution in [1.82, 2.24) is 25.2 Å². The molecule has 3 rings (SSSR count). The number of nitrogens with zero attached hydrogens (tertiary/aromatic N) is 4. The van der Waals surface area contributed by atoms with Crippen molar-refractivity contribution in [2.45, 2.75) is 46.2 Å². The molecule has 2 aromatic heterocycles. The molecule has 0 bridgehead atoms. The number of fused-ring (bicyclic) bond motifs is 1. The topological polar surface area (TPSA) is 93.3 Å². The molecular weight excluding hydrogens is 322 g/mol. The van der Waals surface area contributed by atoms with Crippen molar-refractivity contribution < 1.29 is 9.32 Å². The van der Waals surface area contributed by atoms with Crippen molar-refractivity contribution in [3.05, 3.63) is 44.7 Å². The molecule has 3 heterocycles. The lowest BCUT2D eigenvalue weighted by Gasteiger charge is -2.29. The van der Waals surface area contributed by atoms with Gasteiger partial charge in [-0.1, -0.05) is 5.16 Å². The third kappa shape index (κ3) is 3.57. The fourth-order valence-corrected chi connectivity index (χ4v) is 3.12. The number of aromatic nitrogens is 3. The molecule has 1 unspecified atom stereocenters. The summed E-state index contributed by atoms with van der Waals surface area (Å²) in [6, 6.07) is 1.38. The molecule has 8 nitrogen and oxygen atoms in total. The molecule has 2 amide bonds. The zero-order valence-electron chi connectivity index (χ0n) is 15.0. The minimum absolute atomic E-state index is 0.0486. The first-order valence-electron chi connectivity index (χ1n) is 8.38. The second-order valence-corrected chi connectivity index (χ2v) is 6.61. The quantitative estimate of drug-likeness (QED) is 0.899. The van der Waals surface area contributed by atoms with Gasteiger partial charge in [0.25, 0.3) is 5.56 Å². The van der Waals surface area contributed by atoms with Gasteiger partial charge in [0.05, 0.1) is 11.4 Å². The Labute approximate surface area is 145 Å². The highest BCUT2D eigenvalue weighted by Crippen LogP contribution is 2.17. The van der Waals surface area contributed by atoms with E-state index < -0.39 is 0 Å². The Kier molecular flexibility index (Phi) is 4.61. The fraction of sp³-hybridized carbons (Fsp3) is 0.529. The van der Waals surface area contributed by atoms with E-state index in [0.717, 1.165) is 28.3 Å². The minimum Gasteiger partial charge on any atom is -0.361 e. The number of aryl methyl sites for hydroxylation is 3. The first-order valence-corrected chi connectivity index (χ1v) is 8.38. The molecule has 0 saturated carbocycles. The van der Waals surface area contributed by atoms with Crippen LogP contribution in [0.4, 0.5) is 4.79 Å². The van der Waals surface area contributed by atoms with Crippen LogP contribution in [-0.2, 0) is 26.4 Å². The number of carbonyl (C=O) groups is 1. The van der Waals surface area contributed by atoms with E-state index in [0.29, 0.717) is 25.9 Å². The maximum Gasteiger partial charge on any atom is 0.317 e. The van der Waals surface area contributed by atoms with Gasteiger partial charge in [-0.05, 0) is 27.2 Å². The molecule has 1 aliphatic heterocycles. The van der Waals surface area contributed by atoms with Crippen molar-refractivity contribution >= 4 is 6.03 Å². The predicted molar refractivity (Wildman–Crippen MR) is 91.3 cm³/mol. The van der Waals surface area contributed by atoms with Crippen LogP contribution < -0.4 is 10.9 Å². The molecule has 134 valence electrons. The Morgan fingerprint density at radius 3 is 2.88 bits per heavy atom. The number of amides is 2. The second kappa shape index (κ2) is 6.70. The summed E-state index contributed by atoms with van der Waals surface area (Å²) < 4.78 is 6.50. The Morgan fingerprint density at radius 1 is 1.44 bits per heavy atom. The smallest absolute Gasteiger partial charge is 0.317 e. The zero-order chi connectivity index (χ0) is 18.1. The summed E-state index contributed by atoms with van der Waals surface area (Å²) in [6.07, 6.45) is 1.31. The molecule has 0 radical (unpaired) electrons. The molecule has 0 spiro atoms. The summed E-state index contributed by atoms with van der Waals surface area (Å²) in [7, 11) is 1.64. The first kappa shape index (κ1) is 17.2. The number of carbonyl (C=O) groups excluding carboxylic acids is 1. The second-order valence-electron chi connectivity index (χ2n) is 6.61. The Bertz CT molecular complexity index is 835. The van der Waals surface area contributed by atoms with Crippen LogP contribution in [0.15, 0.2) is 15.4 Å². The van der Waals surface area contributed by atoms with Gasteiger partial charge >= 0.3 is 6.03 Å². The van der Waals surface area contributed by atoms with Crippen LogP contribution in [0.3, 0.4) is 0 Å². The van der Waals surface area contributed by atoms with E-state index in [9.17, 15) is 9.59 Å². The number of hydrogen-bond acceptors (Lipinski definition) is 5. The summed E-state index contributed by atoms with van der Waals surface area (Å²) >= 11 is 0. The van der Waals surface area contributed by atoms with Crippen molar-refractivity contribution in [2.75, 3.05) is 6.54 Å². The van der Waals surface area contributed by atoms with E-state index in [4.69, 9.17) is 4.52 Å². The number of rotatable bonds is 3. The van der Waals surface area contributed by atoms with Gasteiger partial charge in [-0.15, -0.1) is 0 Å². The highest BCUT2D eigenvalue weighted by atomic mass is 16.5. The standard InChI is InChI=1S/C17H23N5O3/c1-10(7-14-11(2)20-25-12(14)3)18-17(24)22-6-5-15-13(9-22)8-16(23)21(4)19-15/h8,10H,5-7,9H2,1-4H3,(H,18,24).